The van der Waals surface area contributed by atoms with Gasteiger partial charge in [0, 0.05) is 13.1 Å². The van der Waals surface area contributed by atoms with Gasteiger partial charge in [-0.05, 0) is 31.1 Å². The lowest BCUT2D eigenvalue weighted by Crippen LogP contribution is -2.36. The van der Waals surface area contributed by atoms with Crippen molar-refractivity contribution in [3.8, 4) is 6.01 Å². The second-order valence-electron chi connectivity index (χ2n) is 5.80. The van der Waals surface area contributed by atoms with Crippen LogP contribution in [0.2, 0.25) is 0 Å². The second-order valence-corrected chi connectivity index (χ2v) is 5.80. The molecule has 2 rings (SSSR count). The van der Waals surface area contributed by atoms with E-state index in [1.165, 1.54) is 12.8 Å². The molecule has 1 saturated heterocycles. The van der Waals surface area contributed by atoms with Crippen molar-refractivity contribution in [2.75, 3.05) is 30.0 Å². The SMILES string of the molecule is CCCOc1nc(NN)nc(N2CCC(C(C)C)CC2)n1. The Balaban J connectivity index is 2.08. The molecular weight excluding hydrogens is 268 g/mol. The highest BCUT2D eigenvalue weighted by Gasteiger charge is 2.24. The number of nitrogen functional groups attached to an aromatic ring is 1. The Hall–Kier alpha value is -1.63. The molecule has 3 N–H and O–H groups in total. The number of anilines is 2. The summed E-state index contributed by atoms with van der Waals surface area (Å²) in [5.74, 6) is 7.93. The first-order chi connectivity index (χ1) is 10.1. The van der Waals surface area contributed by atoms with Gasteiger partial charge in [-0.1, -0.05) is 20.8 Å². The zero-order chi connectivity index (χ0) is 15.2. The van der Waals surface area contributed by atoms with Crippen LogP contribution in [0.25, 0.3) is 0 Å². The molecule has 0 amide bonds. The molecule has 1 aromatic rings. The molecule has 1 fully saturated rings. The van der Waals surface area contributed by atoms with Crippen molar-refractivity contribution in [2.45, 2.75) is 40.0 Å². The van der Waals surface area contributed by atoms with Gasteiger partial charge in [-0.3, -0.25) is 5.43 Å². The summed E-state index contributed by atoms with van der Waals surface area (Å²) in [6.07, 6.45) is 3.24. The molecule has 0 atom stereocenters. The van der Waals surface area contributed by atoms with Gasteiger partial charge in [0.15, 0.2) is 0 Å². The van der Waals surface area contributed by atoms with Crippen LogP contribution >= 0.6 is 0 Å². The van der Waals surface area contributed by atoms with Crippen molar-refractivity contribution in [3.05, 3.63) is 0 Å². The summed E-state index contributed by atoms with van der Waals surface area (Å²) in [6, 6.07) is 0.334. The largest absolute Gasteiger partial charge is 0.463 e. The van der Waals surface area contributed by atoms with E-state index >= 15 is 0 Å². The zero-order valence-electron chi connectivity index (χ0n) is 13.2. The van der Waals surface area contributed by atoms with Gasteiger partial charge >= 0.3 is 6.01 Å². The number of rotatable bonds is 6. The highest BCUT2D eigenvalue weighted by molar-refractivity contribution is 5.38. The van der Waals surface area contributed by atoms with Gasteiger partial charge in [0.1, 0.15) is 0 Å². The minimum Gasteiger partial charge on any atom is -0.463 e. The maximum atomic E-state index is 5.50. The molecule has 0 aromatic carbocycles. The lowest BCUT2D eigenvalue weighted by atomic mass is 9.87. The third-order valence-electron chi connectivity index (χ3n) is 3.93. The molecule has 0 radical (unpaired) electrons. The highest BCUT2D eigenvalue weighted by Crippen LogP contribution is 2.27. The number of aromatic nitrogens is 3. The van der Waals surface area contributed by atoms with E-state index in [1.54, 1.807) is 0 Å². The van der Waals surface area contributed by atoms with E-state index in [9.17, 15) is 0 Å². The summed E-state index contributed by atoms with van der Waals surface area (Å²) in [4.78, 5) is 15.0. The fourth-order valence-electron chi connectivity index (χ4n) is 2.58. The normalized spacial score (nSPS) is 16.3. The van der Waals surface area contributed by atoms with Crippen LogP contribution in [0.3, 0.4) is 0 Å². The predicted molar refractivity (Wildman–Crippen MR) is 83.2 cm³/mol. The van der Waals surface area contributed by atoms with Crippen LogP contribution in [0.5, 0.6) is 6.01 Å². The molecule has 0 unspecified atom stereocenters. The third-order valence-corrected chi connectivity index (χ3v) is 3.93. The summed E-state index contributed by atoms with van der Waals surface area (Å²) < 4.78 is 5.50. The standard InChI is InChI=1S/C14H26N6O/c1-4-9-21-14-17-12(19-15)16-13(18-14)20-7-5-11(6-8-20)10(2)3/h10-11H,4-9,15H2,1-3H3,(H,16,17,18,19). The minimum atomic E-state index is 0.334. The molecule has 118 valence electrons. The Morgan fingerprint density at radius 3 is 2.57 bits per heavy atom. The van der Waals surface area contributed by atoms with Crippen LogP contribution in [0.4, 0.5) is 11.9 Å². The molecule has 1 aliphatic heterocycles. The molecule has 1 aliphatic rings. The molecule has 1 aromatic heterocycles. The maximum absolute atomic E-state index is 5.50. The van der Waals surface area contributed by atoms with Crippen molar-refractivity contribution < 1.29 is 4.74 Å². The molecule has 7 heteroatoms. The van der Waals surface area contributed by atoms with Crippen LogP contribution in [-0.4, -0.2) is 34.6 Å². The van der Waals surface area contributed by atoms with E-state index in [1.807, 2.05) is 6.92 Å². The fourth-order valence-corrected chi connectivity index (χ4v) is 2.58. The van der Waals surface area contributed by atoms with Crippen LogP contribution in [0, 0.1) is 11.8 Å². The van der Waals surface area contributed by atoms with E-state index in [-0.39, 0.29) is 0 Å². The van der Waals surface area contributed by atoms with Crippen molar-refractivity contribution in [1.29, 1.82) is 0 Å². The highest BCUT2D eigenvalue weighted by atomic mass is 16.5. The van der Waals surface area contributed by atoms with Gasteiger partial charge in [0.2, 0.25) is 11.9 Å². The van der Waals surface area contributed by atoms with Crippen LogP contribution < -0.4 is 20.9 Å². The lowest BCUT2D eigenvalue weighted by molar-refractivity contribution is 0.289. The number of hydrogen-bond acceptors (Lipinski definition) is 7. The van der Waals surface area contributed by atoms with Gasteiger partial charge in [0.25, 0.3) is 0 Å². The average molecular weight is 294 g/mol. The molecule has 21 heavy (non-hydrogen) atoms. The number of nitrogens with zero attached hydrogens (tertiary/aromatic N) is 4. The van der Waals surface area contributed by atoms with Gasteiger partial charge in [-0.15, -0.1) is 0 Å². The van der Waals surface area contributed by atoms with E-state index in [4.69, 9.17) is 10.6 Å². The minimum absolute atomic E-state index is 0.334. The third kappa shape index (κ3) is 4.17. The van der Waals surface area contributed by atoms with Gasteiger partial charge in [-0.2, -0.15) is 15.0 Å². The smallest absolute Gasteiger partial charge is 0.323 e. The van der Waals surface area contributed by atoms with Crippen LogP contribution in [0.1, 0.15) is 40.0 Å². The molecule has 0 aliphatic carbocycles. The first kappa shape index (κ1) is 15.8. The first-order valence-corrected chi connectivity index (χ1v) is 7.74. The number of piperidine rings is 1. The van der Waals surface area contributed by atoms with E-state index in [0.717, 1.165) is 31.3 Å². The number of ether oxygens (including phenoxy) is 1. The number of hydrogen-bond donors (Lipinski definition) is 2. The molecular formula is C14H26N6O. The maximum Gasteiger partial charge on any atom is 0.323 e. The summed E-state index contributed by atoms with van der Waals surface area (Å²) in [6.45, 7) is 9.13. The van der Waals surface area contributed by atoms with Crippen molar-refractivity contribution in [3.63, 3.8) is 0 Å². The topological polar surface area (TPSA) is 89.2 Å². The Kier molecular flexibility index (Phi) is 5.55. The van der Waals surface area contributed by atoms with E-state index in [0.29, 0.717) is 24.5 Å². The van der Waals surface area contributed by atoms with Crippen molar-refractivity contribution in [1.82, 2.24) is 15.0 Å². The van der Waals surface area contributed by atoms with E-state index in [2.05, 4.69) is 39.1 Å². The van der Waals surface area contributed by atoms with Crippen molar-refractivity contribution in [2.24, 2.45) is 17.7 Å². The summed E-state index contributed by atoms with van der Waals surface area (Å²) in [7, 11) is 0. The molecule has 0 saturated carbocycles. The van der Waals surface area contributed by atoms with Gasteiger partial charge in [0.05, 0.1) is 6.61 Å². The van der Waals surface area contributed by atoms with Crippen LogP contribution in [0.15, 0.2) is 0 Å². The molecule has 2 heterocycles. The monoisotopic (exact) mass is 294 g/mol. The number of nitrogens with one attached hydrogen (secondary N) is 1. The zero-order valence-corrected chi connectivity index (χ0v) is 13.2. The Labute approximate surface area is 126 Å². The summed E-state index contributed by atoms with van der Waals surface area (Å²) in [5.41, 5.74) is 2.48. The van der Waals surface area contributed by atoms with E-state index < -0.39 is 0 Å². The number of nitrogens with two attached hydrogens (primary N) is 1. The predicted octanol–water partition coefficient (Wildman–Crippen LogP) is 1.82. The van der Waals surface area contributed by atoms with Crippen molar-refractivity contribution >= 4 is 11.9 Å². The Morgan fingerprint density at radius 1 is 1.29 bits per heavy atom. The summed E-state index contributed by atoms with van der Waals surface area (Å²) in [5, 5.41) is 0. The Bertz CT molecular complexity index is 445. The Morgan fingerprint density at radius 2 is 2.00 bits per heavy atom. The van der Waals surface area contributed by atoms with Gasteiger partial charge < -0.3 is 9.64 Å². The average Bonchev–Trinajstić information content (AvgIpc) is 2.52. The summed E-state index contributed by atoms with van der Waals surface area (Å²) >= 11 is 0. The van der Waals surface area contributed by atoms with Crippen LogP contribution in [-0.2, 0) is 0 Å². The molecule has 7 nitrogen and oxygen atoms in total. The molecule has 0 spiro atoms. The second kappa shape index (κ2) is 7.40. The fraction of sp³-hybridized carbons (Fsp3) is 0.786. The lowest BCUT2D eigenvalue weighted by Gasteiger charge is -2.33. The molecule has 0 bridgehead atoms. The first-order valence-electron chi connectivity index (χ1n) is 7.74. The quantitative estimate of drug-likeness (QED) is 0.611. The van der Waals surface area contributed by atoms with Gasteiger partial charge in [-0.25, -0.2) is 5.84 Å². The number of hydrazine groups is 1.